The number of para-hydroxylation sites is 2. The van der Waals surface area contributed by atoms with Gasteiger partial charge in [0, 0.05) is 19.0 Å². The topological polar surface area (TPSA) is 105 Å². The standard InChI is InChI=1S/C38H43N3O6S/c1-3-47-36-24-13-12-23-34(36)41(48(44,45)33-21-8-5-9-22-33)28-37(42)40(27-30-17-14-20-32(25-30)46-2)35(26-29-15-6-4-7-16-29)38(43)39-31-18-10-11-19-31/h4-9,12-17,20-25,31,35H,3,10-11,18-19,26-28H2,1-2H3,(H,39,43)/t35-/m1/s1. The summed E-state index contributed by atoms with van der Waals surface area (Å²) in [7, 11) is -2.68. The molecule has 0 aromatic heterocycles. The number of rotatable bonds is 15. The Bertz CT molecular complexity index is 1760. The lowest BCUT2D eigenvalue weighted by Crippen LogP contribution is -2.54. The van der Waals surface area contributed by atoms with Crippen LogP contribution in [-0.4, -0.2) is 57.5 Å². The predicted octanol–water partition coefficient (Wildman–Crippen LogP) is 5.99. The van der Waals surface area contributed by atoms with Crippen LogP contribution in [-0.2, 0) is 32.6 Å². The molecule has 0 aliphatic heterocycles. The molecule has 1 aliphatic carbocycles. The fourth-order valence-corrected chi connectivity index (χ4v) is 7.51. The number of ether oxygens (including phenoxy) is 2. The van der Waals surface area contributed by atoms with E-state index >= 15 is 0 Å². The number of sulfonamides is 1. The van der Waals surface area contributed by atoms with Crippen LogP contribution >= 0.6 is 0 Å². The van der Waals surface area contributed by atoms with Crippen molar-refractivity contribution in [3.05, 3.63) is 120 Å². The van der Waals surface area contributed by atoms with Crippen molar-refractivity contribution >= 4 is 27.5 Å². The normalized spacial score (nSPS) is 13.8. The Morgan fingerprint density at radius 1 is 0.854 bits per heavy atom. The Balaban J connectivity index is 1.59. The van der Waals surface area contributed by atoms with Crippen LogP contribution in [0.1, 0.15) is 43.7 Å². The average Bonchev–Trinajstić information content (AvgIpc) is 3.63. The molecule has 1 aliphatic rings. The minimum absolute atomic E-state index is 0.0255. The molecule has 0 saturated heterocycles. The number of nitrogens with zero attached hydrogens (tertiary/aromatic N) is 2. The summed E-state index contributed by atoms with van der Waals surface area (Å²) in [4.78, 5) is 30.5. The highest BCUT2D eigenvalue weighted by Crippen LogP contribution is 2.33. The molecule has 1 N–H and O–H groups in total. The molecule has 4 aromatic carbocycles. The van der Waals surface area contributed by atoms with Gasteiger partial charge in [0.2, 0.25) is 11.8 Å². The SMILES string of the molecule is CCOc1ccccc1N(CC(=O)N(Cc1cccc(OC)c1)[C@H](Cc1ccccc1)C(=O)NC1CCCC1)S(=O)(=O)c1ccccc1. The van der Waals surface area contributed by atoms with Crippen molar-refractivity contribution in [3.63, 3.8) is 0 Å². The van der Waals surface area contributed by atoms with Crippen molar-refractivity contribution in [1.82, 2.24) is 10.2 Å². The molecule has 0 radical (unpaired) electrons. The van der Waals surface area contributed by atoms with Gasteiger partial charge in [-0.25, -0.2) is 8.42 Å². The van der Waals surface area contributed by atoms with Gasteiger partial charge in [0.15, 0.2) is 0 Å². The fourth-order valence-electron chi connectivity index (χ4n) is 6.06. The Hall–Kier alpha value is -4.83. The van der Waals surface area contributed by atoms with Gasteiger partial charge >= 0.3 is 0 Å². The van der Waals surface area contributed by atoms with Gasteiger partial charge in [-0.15, -0.1) is 0 Å². The first-order valence-corrected chi connectivity index (χ1v) is 17.8. The van der Waals surface area contributed by atoms with Crippen LogP contribution in [0.15, 0.2) is 114 Å². The number of carbonyl (C=O) groups excluding carboxylic acids is 2. The molecule has 0 bridgehead atoms. The van der Waals surface area contributed by atoms with E-state index in [0.717, 1.165) is 41.1 Å². The lowest BCUT2D eigenvalue weighted by Gasteiger charge is -2.34. The van der Waals surface area contributed by atoms with Crippen molar-refractivity contribution in [1.29, 1.82) is 0 Å². The van der Waals surface area contributed by atoms with Crippen molar-refractivity contribution in [2.75, 3.05) is 24.6 Å². The molecule has 1 saturated carbocycles. The maximum atomic E-state index is 14.8. The zero-order valence-electron chi connectivity index (χ0n) is 27.5. The molecular formula is C38H43N3O6S. The van der Waals surface area contributed by atoms with E-state index in [9.17, 15) is 18.0 Å². The monoisotopic (exact) mass is 669 g/mol. The summed E-state index contributed by atoms with van der Waals surface area (Å²) in [6, 6.07) is 30.7. The Morgan fingerprint density at radius 2 is 1.50 bits per heavy atom. The van der Waals surface area contributed by atoms with E-state index in [1.54, 1.807) is 49.6 Å². The first kappa shape index (κ1) is 34.5. The summed E-state index contributed by atoms with van der Waals surface area (Å²) in [5, 5.41) is 3.20. The number of hydrogen-bond acceptors (Lipinski definition) is 6. The number of methoxy groups -OCH3 is 1. The van der Waals surface area contributed by atoms with Crippen molar-refractivity contribution in [3.8, 4) is 11.5 Å². The summed E-state index contributed by atoms with van der Waals surface area (Å²) < 4.78 is 41.0. The molecule has 48 heavy (non-hydrogen) atoms. The van der Waals surface area contributed by atoms with E-state index in [4.69, 9.17) is 9.47 Å². The average molecular weight is 670 g/mol. The third-order valence-electron chi connectivity index (χ3n) is 8.50. The van der Waals surface area contributed by atoms with Crippen LogP contribution in [0, 0.1) is 0 Å². The number of anilines is 1. The quantitative estimate of drug-likeness (QED) is 0.167. The van der Waals surface area contributed by atoms with Gasteiger partial charge in [0.1, 0.15) is 24.1 Å². The first-order valence-electron chi connectivity index (χ1n) is 16.4. The van der Waals surface area contributed by atoms with Crippen molar-refractivity contribution in [2.24, 2.45) is 0 Å². The minimum atomic E-state index is -4.25. The first-order chi connectivity index (χ1) is 23.3. The van der Waals surface area contributed by atoms with Gasteiger partial charge in [0.25, 0.3) is 10.0 Å². The second kappa shape index (κ2) is 16.3. The minimum Gasteiger partial charge on any atom is -0.497 e. The molecule has 1 atom stereocenters. The summed E-state index contributed by atoms with van der Waals surface area (Å²) in [5.41, 5.74) is 1.84. The summed E-state index contributed by atoms with van der Waals surface area (Å²) >= 11 is 0. The maximum Gasteiger partial charge on any atom is 0.264 e. The zero-order valence-corrected chi connectivity index (χ0v) is 28.3. The van der Waals surface area contributed by atoms with E-state index in [2.05, 4.69) is 5.32 Å². The molecule has 4 aromatic rings. The Labute approximate surface area is 283 Å². The van der Waals surface area contributed by atoms with E-state index in [-0.39, 0.29) is 35.5 Å². The predicted molar refractivity (Wildman–Crippen MR) is 186 cm³/mol. The van der Waals surface area contributed by atoms with Gasteiger partial charge < -0.3 is 19.7 Å². The van der Waals surface area contributed by atoms with Crippen LogP contribution in [0.25, 0.3) is 0 Å². The second-order valence-corrected chi connectivity index (χ2v) is 13.7. The molecule has 9 nitrogen and oxygen atoms in total. The molecule has 10 heteroatoms. The Kier molecular flexibility index (Phi) is 11.7. The largest absolute Gasteiger partial charge is 0.497 e. The van der Waals surface area contributed by atoms with Crippen molar-refractivity contribution < 1.29 is 27.5 Å². The number of hydrogen-bond donors (Lipinski definition) is 1. The van der Waals surface area contributed by atoms with Crippen LogP contribution < -0.4 is 19.1 Å². The highest BCUT2D eigenvalue weighted by molar-refractivity contribution is 7.92. The van der Waals surface area contributed by atoms with E-state index in [0.29, 0.717) is 18.1 Å². The Morgan fingerprint density at radius 3 is 2.19 bits per heavy atom. The zero-order chi connectivity index (χ0) is 33.9. The highest BCUT2D eigenvalue weighted by atomic mass is 32.2. The second-order valence-electron chi connectivity index (χ2n) is 11.8. The smallest absolute Gasteiger partial charge is 0.264 e. The lowest BCUT2D eigenvalue weighted by molar-refractivity contribution is -0.140. The van der Waals surface area contributed by atoms with E-state index < -0.39 is 28.5 Å². The van der Waals surface area contributed by atoms with Gasteiger partial charge in [-0.05, 0) is 67.3 Å². The van der Waals surface area contributed by atoms with Gasteiger partial charge in [-0.2, -0.15) is 0 Å². The summed E-state index contributed by atoms with van der Waals surface area (Å²) in [6.45, 7) is 1.60. The molecule has 2 amide bonds. The van der Waals surface area contributed by atoms with Gasteiger partial charge in [-0.1, -0.05) is 85.6 Å². The van der Waals surface area contributed by atoms with Crippen LogP contribution in [0.2, 0.25) is 0 Å². The molecule has 0 spiro atoms. The maximum absolute atomic E-state index is 14.8. The van der Waals surface area contributed by atoms with Crippen LogP contribution in [0.5, 0.6) is 11.5 Å². The number of carbonyl (C=O) groups is 2. The fraction of sp³-hybridized carbons (Fsp3) is 0.316. The van der Waals surface area contributed by atoms with Crippen LogP contribution in [0.4, 0.5) is 5.69 Å². The number of amides is 2. The molecular weight excluding hydrogens is 627 g/mol. The molecule has 0 unspecified atom stereocenters. The molecule has 5 rings (SSSR count). The summed E-state index contributed by atoms with van der Waals surface area (Å²) in [5.74, 6) is 0.126. The molecule has 252 valence electrons. The highest BCUT2D eigenvalue weighted by Gasteiger charge is 2.36. The lowest BCUT2D eigenvalue weighted by atomic mass is 10.0. The van der Waals surface area contributed by atoms with Gasteiger partial charge in [0.05, 0.1) is 24.3 Å². The summed E-state index contributed by atoms with van der Waals surface area (Å²) in [6.07, 6.45) is 4.07. The number of nitrogens with one attached hydrogen (secondary N) is 1. The number of benzene rings is 4. The van der Waals surface area contributed by atoms with E-state index in [1.807, 2.05) is 61.5 Å². The van der Waals surface area contributed by atoms with E-state index in [1.165, 1.54) is 17.0 Å². The third kappa shape index (κ3) is 8.55. The van der Waals surface area contributed by atoms with Crippen molar-refractivity contribution in [2.45, 2.75) is 62.6 Å². The van der Waals surface area contributed by atoms with Crippen LogP contribution in [0.3, 0.4) is 0 Å². The van der Waals surface area contributed by atoms with Gasteiger partial charge in [-0.3, -0.25) is 13.9 Å². The molecule has 1 fully saturated rings. The third-order valence-corrected chi connectivity index (χ3v) is 10.3. The molecule has 0 heterocycles.